The highest BCUT2D eigenvalue weighted by molar-refractivity contribution is 6.30. The fourth-order valence-corrected chi connectivity index (χ4v) is 2.76. The number of halogens is 7. The van der Waals surface area contributed by atoms with Crippen molar-refractivity contribution in [2.24, 2.45) is 0 Å². The minimum absolute atomic E-state index is 0. The van der Waals surface area contributed by atoms with Crippen molar-refractivity contribution in [1.82, 2.24) is 10.2 Å². The van der Waals surface area contributed by atoms with Crippen LogP contribution < -0.4 is 5.32 Å². The Bertz CT molecular complexity index is 480. The molecule has 134 valence electrons. The number of hydrogen-bond donors (Lipinski definition) is 1. The maximum Gasteiger partial charge on any atom is 0.389 e. The van der Waals surface area contributed by atoms with Crippen LogP contribution in [-0.2, 0) is 0 Å². The van der Waals surface area contributed by atoms with Crippen LogP contribution in [0.25, 0.3) is 0 Å². The summed E-state index contributed by atoms with van der Waals surface area (Å²) in [5.74, 6) is -0.560. The maximum atomic E-state index is 13.2. The average Bonchev–Trinajstić information content (AvgIpc) is 2.43. The van der Waals surface area contributed by atoms with Crippen LogP contribution in [0.5, 0.6) is 0 Å². The van der Waals surface area contributed by atoms with Crippen molar-refractivity contribution in [3.63, 3.8) is 0 Å². The molecule has 1 N–H and O–H groups in total. The molecule has 1 saturated heterocycles. The Morgan fingerprint density at radius 2 is 1.78 bits per heavy atom. The van der Waals surface area contributed by atoms with E-state index in [4.69, 9.17) is 11.6 Å². The number of nitrogens with zero attached hydrogens (tertiary/aromatic N) is 1. The predicted octanol–water partition coefficient (Wildman–Crippen LogP) is 4.61. The van der Waals surface area contributed by atoms with E-state index in [9.17, 15) is 17.6 Å². The van der Waals surface area contributed by atoms with Gasteiger partial charge in [-0.3, -0.25) is 4.90 Å². The first-order valence-corrected chi connectivity index (χ1v) is 7.21. The van der Waals surface area contributed by atoms with E-state index in [2.05, 4.69) is 5.32 Å². The van der Waals surface area contributed by atoms with Crippen molar-refractivity contribution in [3.8, 4) is 0 Å². The van der Waals surface area contributed by atoms with Crippen molar-refractivity contribution < 1.29 is 17.6 Å². The van der Waals surface area contributed by atoms with Crippen molar-refractivity contribution >= 4 is 36.4 Å². The number of rotatable bonds is 4. The number of hydrogen-bond acceptors (Lipinski definition) is 2. The monoisotopic (exact) mass is 396 g/mol. The van der Waals surface area contributed by atoms with E-state index in [0.717, 1.165) is 13.1 Å². The van der Waals surface area contributed by atoms with Gasteiger partial charge >= 0.3 is 6.18 Å². The lowest BCUT2D eigenvalue weighted by Crippen LogP contribution is -2.45. The van der Waals surface area contributed by atoms with Gasteiger partial charge in [0, 0.05) is 38.6 Å². The SMILES string of the molecule is Cl.Cl.Fc1ccc([C@@H](CCC(F)(F)F)N2CCNCC2)cc1Cl. The van der Waals surface area contributed by atoms with Crippen molar-refractivity contribution in [2.45, 2.75) is 25.1 Å². The molecule has 0 amide bonds. The number of piperazine rings is 1. The third-order valence-electron chi connectivity index (χ3n) is 3.62. The molecule has 0 unspecified atom stereocenters. The fraction of sp³-hybridized carbons (Fsp3) is 0.571. The summed E-state index contributed by atoms with van der Waals surface area (Å²) in [5, 5.41) is 3.11. The molecular weight excluding hydrogens is 379 g/mol. The Morgan fingerprint density at radius 3 is 2.30 bits per heavy atom. The van der Waals surface area contributed by atoms with Gasteiger partial charge in [-0.2, -0.15) is 13.2 Å². The smallest absolute Gasteiger partial charge is 0.314 e. The van der Waals surface area contributed by atoms with Gasteiger partial charge in [-0.05, 0) is 24.1 Å². The van der Waals surface area contributed by atoms with Gasteiger partial charge in [0.05, 0.1) is 5.02 Å². The molecule has 9 heteroatoms. The summed E-state index contributed by atoms with van der Waals surface area (Å²) < 4.78 is 50.8. The highest BCUT2D eigenvalue weighted by Gasteiger charge is 2.31. The van der Waals surface area contributed by atoms with Crippen molar-refractivity contribution in [2.75, 3.05) is 26.2 Å². The third-order valence-corrected chi connectivity index (χ3v) is 3.91. The summed E-state index contributed by atoms with van der Waals surface area (Å²) in [5.41, 5.74) is 0.632. The summed E-state index contributed by atoms with van der Waals surface area (Å²) in [4.78, 5) is 1.99. The molecule has 1 aromatic carbocycles. The highest BCUT2D eigenvalue weighted by atomic mass is 35.5. The molecule has 0 bridgehead atoms. The van der Waals surface area contributed by atoms with E-state index in [1.165, 1.54) is 18.2 Å². The number of alkyl halides is 3. The zero-order valence-electron chi connectivity index (χ0n) is 12.2. The Balaban J connectivity index is 0.00000242. The topological polar surface area (TPSA) is 15.3 Å². The van der Waals surface area contributed by atoms with Gasteiger partial charge in [-0.1, -0.05) is 17.7 Å². The molecule has 1 aromatic rings. The molecule has 1 heterocycles. The van der Waals surface area contributed by atoms with Gasteiger partial charge < -0.3 is 5.32 Å². The molecule has 1 atom stereocenters. The van der Waals surface area contributed by atoms with E-state index in [0.29, 0.717) is 18.7 Å². The molecule has 0 spiro atoms. The molecule has 1 fully saturated rings. The molecule has 0 aromatic heterocycles. The molecule has 2 nitrogen and oxygen atoms in total. The number of nitrogens with one attached hydrogen (secondary N) is 1. The van der Waals surface area contributed by atoms with Crippen LogP contribution >= 0.6 is 36.4 Å². The second kappa shape index (κ2) is 9.89. The minimum atomic E-state index is -4.20. The average molecular weight is 398 g/mol. The van der Waals surface area contributed by atoms with Crippen molar-refractivity contribution in [1.29, 1.82) is 0 Å². The van der Waals surface area contributed by atoms with E-state index < -0.39 is 24.5 Å². The van der Waals surface area contributed by atoms with Crippen LogP contribution in [0.1, 0.15) is 24.4 Å². The molecular formula is C14H19Cl3F4N2. The third kappa shape index (κ3) is 7.01. The van der Waals surface area contributed by atoms with E-state index in [1.807, 2.05) is 4.90 Å². The predicted molar refractivity (Wildman–Crippen MR) is 88.4 cm³/mol. The second-order valence-electron chi connectivity index (χ2n) is 5.13. The summed E-state index contributed by atoms with van der Waals surface area (Å²) in [7, 11) is 0. The zero-order chi connectivity index (χ0) is 15.5. The fourth-order valence-electron chi connectivity index (χ4n) is 2.57. The minimum Gasteiger partial charge on any atom is -0.314 e. The van der Waals surface area contributed by atoms with Crippen LogP contribution in [0.4, 0.5) is 17.6 Å². The second-order valence-corrected chi connectivity index (χ2v) is 5.54. The Morgan fingerprint density at radius 1 is 1.17 bits per heavy atom. The molecule has 23 heavy (non-hydrogen) atoms. The lowest BCUT2D eigenvalue weighted by Gasteiger charge is -2.35. The Labute approximate surface area is 150 Å². The van der Waals surface area contributed by atoms with Gasteiger partial charge in [-0.25, -0.2) is 4.39 Å². The molecule has 1 aliphatic heterocycles. The van der Waals surface area contributed by atoms with Gasteiger partial charge in [0.25, 0.3) is 0 Å². The molecule has 1 aliphatic rings. The first-order chi connectivity index (χ1) is 9.87. The summed E-state index contributed by atoms with van der Waals surface area (Å²) in [6.07, 6.45) is -5.11. The van der Waals surface area contributed by atoms with Crippen LogP contribution in [-0.4, -0.2) is 37.3 Å². The lowest BCUT2D eigenvalue weighted by atomic mass is 9.99. The van der Waals surface area contributed by atoms with Gasteiger partial charge in [0.1, 0.15) is 5.82 Å². The van der Waals surface area contributed by atoms with Gasteiger partial charge in [0.15, 0.2) is 0 Å². The maximum absolute atomic E-state index is 13.2. The highest BCUT2D eigenvalue weighted by Crippen LogP contribution is 2.33. The van der Waals surface area contributed by atoms with Crippen LogP contribution in [0.2, 0.25) is 5.02 Å². The largest absolute Gasteiger partial charge is 0.389 e. The van der Waals surface area contributed by atoms with Gasteiger partial charge in [0.2, 0.25) is 0 Å². The van der Waals surface area contributed by atoms with Crippen LogP contribution in [0.15, 0.2) is 18.2 Å². The summed E-state index contributed by atoms with van der Waals surface area (Å²) in [6.45, 7) is 2.80. The van der Waals surface area contributed by atoms with Gasteiger partial charge in [-0.15, -0.1) is 24.8 Å². The molecule has 0 radical (unpaired) electrons. The summed E-state index contributed by atoms with van der Waals surface area (Å²) >= 11 is 5.76. The van der Waals surface area contributed by atoms with E-state index in [-0.39, 0.29) is 36.3 Å². The van der Waals surface area contributed by atoms with Crippen molar-refractivity contribution in [3.05, 3.63) is 34.6 Å². The van der Waals surface area contributed by atoms with E-state index in [1.54, 1.807) is 0 Å². The number of benzene rings is 1. The zero-order valence-corrected chi connectivity index (χ0v) is 14.6. The molecule has 2 rings (SSSR count). The molecule has 0 saturated carbocycles. The first kappa shape index (κ1) is 22.7. The van der Waals surface area contributed by atoms with E-state index >= 15 is 0 Å². The first-order valence-electron chi connectivity index (χ1n) is 6.83. The Hall–Kier alpha value is -0.270. The molecule has 0 aliphatic carbocycles. The Kier molecular flexibility index (Phi) is 9.77. The summed E-state index contributed by atoms with van der Waals surface area (Å²) in [6, 6.07) is 3.76. The standard InChI is InChI=1S/C14H17ClF4N2.2ClH/c15-11-9-10(1-2-12(11)16)13(3-4-14(17,18)19)21-7-5-20-6-8-21;;/h1-2,9,13,20H,3-8H2;2*1H/t13-;;/m1../s1. The normalized spacial score (nSPS) is 17.1. The quantitative estimate of drug-likeness (QED) is 0.746. The lowest BCUT2D eigenvalue weighted by molar-refractivity contribution is -0.138. The van der Waals surface area contributed by atoms with Crippen LogP contribution in [0.3, 0.4) is 0 Å². The van der Waals surface area contributed by atoms with Crippen LogP contribution in [0, 0.1) is 5.82 Å².